The Kier molecular flexibility index (Phi) is 5.60. The van der Waals surface area contributed by atoms with Gasteiger partial charge in [-0.05, 0) is 31.2 Å². The number of aryl methyl sites for hydroxylation is 1. The van der Waals surface area contributed by atoms with Crippen molar-refractivity contribution >= 4 is 22.8 Å². The van der Waals surface area contributed by atoms with Gasteiger partial charge in [0.05, 0.1) is 30.4 Å². The minimum atomic E-state index is -0.319. The average Bonchev–Trinajstić information content (AvgIpc) is 3.05. The van der Waals surface area contributed by atoms with Crippen molar-refractivity contribution in [3.8, 4) is 5.69 Å². The number of nitrogens with zero attached hydrogens (tertiary/aromatic N) is 5. The summed E-state index contributed by atoms with van der Waals surface area (Å²) in [6.45, 7) is 2.81. The molecule has 0 atom stereocenters. The first-order valence-electron chi connectivity index (χ1n) is 8.44. The number of fused-ring (bicyclic) bond motifs is 1. The lowest BCUT2D eigenvalue weighted by Crippen LogP contribution is -2.37. The highest BCUT2D eigenvalue weighted by Gasteiger charge is 2.17. The maximum Gasteiger partial charge on any atom is 0.239 e. The molecule has 0 spiro atoms. The van der Waals surface area contributed by atoms with Crippen LogP contribution in [-0.2, 0) is 9.53 Å². The van der Waals surface area contributed by atoms with Crippen LogP contribution in [0.4, 0.5) is 10.2 Å². The summed E-state index contributed by atoms with van der Waals surface area (Å²) in [7, 11) is 3.36. The molecule has 0 bridgehead atoms. The van der Waals surface area contributed by atoms with E-state index in [2.05, 4.69) is 20.4 Å². The Labute approximate surface area is 156 Å². The summed E-state index contributed by atoms with van der Waals surface area (Å²) in [6, 6.07) is 6.00. The Balaban J connectivity index is 1.90. The van der Waals surface area contributed by atoms with E-state index in [1.807, 2.05) is 0 Å². The molecule has 9 heteroatoms. The zero-order valence-electron chi connectivity index (χ0n) is 15.4. The van der Waals surface area contributed by atoms with Crippen LogP contribution >= 0.6 is 0 Å². The van der Waals surface area contributed by atoms with E-state index in [-0.39, 0.29) is 18.3 Å². The number of hydrogen-bond acceptors (Lipinski definition) is 6. The lowest BCUT2D eigenvalue weighted by atomic mass is 10.3. The third-order valence-corrected chi connectivity index (χ3v) is 3.96. The van der Waals surface area contributed by atoms with Crippen molar-refractivity contribution in [3.05, 3.63) is 42.1 Å². The van der Waals surface area contributed by atoms with Crippen molar-refractivity contribution in [1.82, 2.24) is 25.1 Å². The molecule has 0 aliphatic heterocycles. The summed E-state index contributed by atoms with van der Waals surface area (Å²) in [5.74, 6) is 0.701. The van der Waals surface area contributed by atoms with E-state index in [1.54, 1.807) is 49.0 Å². The predicted molar refractivity (Wildman–Crippen MR) is 99.5 cm³/mol. The molecule has 2 aromatic heterocycles. The van der Waals surface area contributed by atoms with Crippen LogP contribution < -0.4 is 10.2 Å². The van der Waals surface area contributed by atoms with Gasteiger partial charge < -0.3 is 15.0 Å². The Morgan fingerprint density at radius 2 is 2.04 bits per heavy atom. The molecule has 1 N–H and O–H groups in total. The number of benzene rings is 1. The third-order valence-electron chi connectivity index (χ3n) is 3.96. The molecule has 3 rings (SSSR count). The second-order valence-corrected chi connectivity index (χ2v) is 6.06. The summed E-state index contributed by atoms with van der Waals surface area (Å²) in [4.78, 5) is 22.8. The zero-order chi connectivity index (χ0) is 19.4. The van der Waals surface area contributed by atoms with Gasteiger partial charge in [0.1, 0.15) is 17.5 Å². The van der Waals surface area contributed by atoms with Crippen molar-refractivity contribution in [2.75, 3.05) is 38.8 Å². The summed E-state index contributed by atoms with van der Waals surface area (Å²) >= 11 is 0. The van der Waals surface area contributed by atoms with Gasteiger partial charge >= 0.3 is 0 Å². The molecule has 142 valence electrons. The van der Waals surface area contributed by atoms with Crippen molar-refractivity contribution in [1.29, 1.82) is 0 Å². The lowest BCUT2D eigenvalue weighted by Gasteiger charge is -2.18. The molecule has 3 aromatic rings. The molecule has 0 saturated heterocycles. The van der Waals surface area contributed by atoms with E-state index < -0.39 is 0 Å². The largest absolute Gasteiger partial charge is 0.383 e. The van der Waals surface area contributed by atoms with Gasteiger partial charge in [0.2, 0.25) is 5.91 Å². The van der Waals surface area contributed by atoms with Crippen LogP contribution in [-0.4, -0.2) is 59.5 Å². The van der Waals surface area contributed by atoms with Crippen LogP contribution in [0.25, 0.3) is 16.7 Å². The summed E-state index contributed by atoms with van der Waals surface area (Å²) < 4.78 is 19.7. The fraction of sp³-hybridized carbons (Fsp3) is 0.333. The fourth-order valence-electron chi connectivity index (χ4n) is 2.70. The number of aromatic nitrogens is 4. The van der Waals surface area contributed by atoms with Crippen LogP contribution in [0, 0.1) is 12.7 Å². The highest BCUT2D eigenvalue weighted by Crippen LogP contribution is 2.25. The number of likely N-dealkylation sites (N-methyl/N-ethyl adjacent to an activating group) is 1. The number of methoxy groups -OCH3 is 1. The summed E-state index contributed by atoms with van der Waals surface area (Å²) in [5.41, 5.74) is 1.28. The van der Waals surface area contributed by atoms with Crippen molar-refractivity contribution < 1.29 is 13.9 Å². The van der Waals surface area contributed by atoms with Crippen molar-refractivity contribution in [2.24, 2.45) is 0 Å². The Morgan fingerprint density at radius 1 is 1.30 bits per heavy atom. The Bertz CT molecular complexity index is 941. The number of ether oxygens (including phenoxy) is 1. The van der Waals surface area contributed by atoms with E-state index in [4.69, 9.17) is 4.74 Å². The number of amides is 1. The zero-order valence-corrected chi connectivity index (χ0v) is 15.4. The minimum Gasteiger partial charge on any atom is -0.383 e. The third kappa shape index (κ3) is 4.20. The molecule has 0 aliphatic carbocycles. The van der Waals surface area contributed by atoms with Crippen LogP contribution in [0.3, 0.4) is 0 Å². The lowest BCUT2D eigenvalue weighted by molar-refractivity contribution is -0.119. The normalized spacial score (nSPS) is 11.0. The van der Waals surface area contributed by atoms with Crippen LogP contribution in [0.5, 0.6) is 0 Å². The number of halogens is 1. The average molecular weight is 372 g/mol. The highest BCUT2D eigenvalue weighted by atomic mass is 19.1. The maximum absolute atomic E-state index is 13.2. The second-order valence-electron chi connectivity index (χ2n) is 6.06. The molecule has 1 aromatic carbocycles. The maximum atomic E-state index is 13.2. The van der Waals surface area contributed by atoms with Gasteiger partial charge in [0.15, 0.2) is 5.65 Å². The van der Waals surface area contributed by atoms with Gasteiger partial charge in [-0.1, -0.05) is 0 Å². The van der Waals surface area contributed by atoms with Crippen molar-refractivity contribution in [2.45, 2.75) is 6.92 Å². The van der Waals surface area contributed by atoms with Gasteiger partial charge in [0, 0.05) is 20.7 Å². The molecule has 27 heavy (non-hydrogen) atoms. The molecule has 0 unspecified atom stereocenters. The first-order chi connectivity index (χ1) is 13.0. The number of nitrogens with one attached hydrogen (secondary N) is 1. The van der Waals surface area contributed by atoms with E-state index >= 15 is 0 Å². The summed E-state index contributed by atoms with van der Waals surface area (Å²) in [5, 5.41) is 7.85. The van der Waals surface area contributed by atoms with E-state index in [0.717, 1.165) is 0 Å². The number of rotatable bonds is 7. The molecule has 0 radical (unpaired) electrons. The predicted octanol–water partition coefficient (Wildman–Crippen LogP) is 1.46. The standard InChI is InChI=1S/C18H21FN6O2/c1-12-22-17(24(2)11-16(26)20-8-9-27-3)15-10-21-25(18(15)23-12)14-6-4-13(19)5-7-14/h4-7,10H,8-9,11H2,1-3H3,(H,20,26). The minimum absolute atomic E-state index is 0.134. The SMILES string of the molecule is COCCNC(=O)CN(C)c1nc(C)nc2c1cnn2-c1ccc(F)cc1. The molecule has 2 heterocycles. The smallest absolute Gasteiger partial charge is 0.239 e. The number of carbonyl (C=O) groups excluding carboxylic acids is 1. The molecule has 0 saturated carbocycles. The molecule has 0 fully saturated rings. The fourth-order valence-corrected chi connectivity index (χ4v) is 2.70. The van der Waals surface area contributed by atoms with E-state index in [1.165, 1.54) is 12.1 Å². The number of hydrogen-bond donors (Lipinski definition) is 1. The molecular formula is C18H21FN6O2. The van der Waals surface area contributed by atoms with Gasteiger partial charge in [-0.2, -0.15) is 5.10 Å². The number of carbonyl (C=O) groups is 1. The molecule has 0 aliphatic rings. The van der Waals surface area contributed by atoms with Crippen LogP contribution in [0.1, 0.15) is 5.82 Å². The second kappa shape index (κ2) is 8.09. The topological polar surface area (TPSA) is 85.2 Å². The Hall–Kier alpha value is -3.07. The molecule has 1 amide bonds. The van der Waals surface area contributed by atoms with Gasteiger partial charge in [0.25, 0.3) is 0 Å². The van der Waals surface area contributed by atoms with E-state index in [0.29, 0.717) is 41.5 Å². The Morgan fingerprint density at radius 3 is 2.74 bits per heavy atom. The molecule has 8 nitrogen and oxygen atoms in total. The quantitative estimate of drug-likeness (QED) is 0.632. The molecular weight excluding hydrogens is 351 g/mol. The van der Waals surface area contributed by atoms with Gasteiger partial charge in [-0.3, -0.25) is 4.79 Å². The first kappa shape index (κ1) is 18.7. The van der Waals surface area contributed by atoms with Crippen molar-refractivity contribution in [3.63, 3.8) is 0 Å². The monoisotopic (exact) mass is 372 g/mol. The van der Waals surface area contributed by atoms with Gasteiger partial charge in [-0.25, -0.2) is 19.0 Å². The highest BCUT2D eigenvalue weighted by molar-refractivity contribution is 5.90. The number of anilines is 1. The van der Waals surface area contributed by atoms with Crippen LogP contribution in [0.2, 0.25) is 0 Å². The summed E-state index contributed by atoms with van der Waals surface area (Å²) in [6.07, 6.45) is 1.65. The van der Waals surface area contributed by atoms with Gasteiger partial charge in [-0.15, -0.1) is 0 Å². The first-order valence-corrected chi connectivity index (χ1v) is 8.44. The van der Waals surface area contributed by atoms with Crippen LogP contribution in [0.15, 0.2) is 30.5 Å². The van der Waals surface area contributed by atoms with E-state index in [9.17, 15) is 9.18 Å².